The van der Waals surface area contributed by atoms with Crippen LogP contribution >= 0.6 is 0 Å². The average Bonchev–Trinajstić information content (AvgIpc) is 3.96. The second kappa shape index (κ2) is 14.3. The monoisotopic (exact) mass is 738 g/mol. The second-order valence-electron chi connectivity index (χ2n) is 17.3. The van der Waals surface area contributed by atoms with E-state index in [-0.39, 0.29) is 68.5 Å². The Balaban J connectivity index is 1.28. The molecule has 284 valence electrons. The average molecular weight is 739 g/mol. The summed E-state index contributed by atoms with van der Waals surface area (Å²) in [6.07, 6.45) is 9.65. The first-order chi connectivity index (χ1) is 24.4. The number of allylic oxidation sites excluding steroid dienone is 1. The van der Waals surface area contributed by atoms with Gasteiger partial charge in [0, 0.05) is 31.8 Å². The van der Waals surface area contributed by atoms with Crippen molar-refractivity contribution in [2.24, 2.45) is 28.1 Å². The van der Waals surface area contributed by atoms with Gasteiger partial charge in [-0.2, -0.15) is 0 Å². The molecule has 2 aromatic rings. The van der Waals surface area contributed by atoms with E-state index in [0.717, 1.165) is 42.6 Å². The molecule has 2 aromatic heterocycles. The van der Waals surface area contributed by atoms with Gasteiger partial charge in [-0.15, -0.1) is 6.58 Å². The number of ketones is 1. The van der Waals surface area contributed by atoms with Gasteiger partial charge in [-0.3, -0.25) is 23.9 Å². The van der Waals surface area contributed by atoms with E-state index in [0.29, 0.717) is 12.8 Å². The summed E-state index contributed by atoms with van der Waals surface area (Å²) in [5.74, 6) is -3.04. The van der Waals surface area contributed by atoms with Gasteiger partial charge in [-0.25, -0.2) is 13.4 Å². The number of aromatic nitrogens is 2. The fraction of sp³-hybridized carbons (Fsp3) is 0.667. The number of carbonyl (C=O) groups is 4. The minimum absolute atomic E-state index is 0.114. The zero-order valence-corrected chi connectivity index (χ0v) is 32.0. The Morgan fingerprint density at radius 3 is 2.60 bits per heavy atom. The largest absolute Gasteiger partial charge is 0.465 e. The van der Waals surface area contributed by atoms with Crippen molar-refractivity contribution in [3.05, 3.63) is 48.4 Å². The third-order valence-electron chi connectivity index (χ3n) is 11.4. The molecule has 3 fully saturated rings. The van der Waals surface area contributed by atoms with Gasteiger partial charge in [-0.1, -0.05) is 53.2 Å². The highest BCUT2D eigenvalue weighted by Crippen LogP contribution is 2.57. The number of aryl methyl sites for hydroxylation is 1. The number of nitrogens with zero attached hydrogens (tertiary/aromatic N) is 3. The molecule has 0 spiro atoms. The van der Waals surface area contributed by atoms with Crippen molar-refractivity contribution in [1.29, 1.82) is 0 Å². The van der Waals surface area contributed by atoms with Crippen LogP contribution in [-0.2, 0) is 51.7 Å². The summed E-state index contributed by atoms with van der Waals surface area (Å²) in [7, 11) is -3.83. The van der Waals surface area contributed by atoms with Crippen LogP contribution in [0.15, 0.2) is 37.2 Å². The van der Waals surface area contributed by atoms with E-state index in [1.54, 1.807) is 6.08 Å². The summed E-state index contributed by atoms with van der Waals surface area (Å²) in [6.45, 7) is 14.2. The fourth-order valence-corrected chi connectivity index (χ4v) is 9.21. The van der Waals surface area contributed by atoms with Crippen LogP contribution in [0.1, 0.15) is 104 Å². The van der Waals surface area contributed by atoms with Crippen LogP contribution < -0.4 is 4.72 Å². The van der Waals surface area contributed by atoms with Crippen LogP contribution in [0.5, 0.6) is 0 Å². The van der Waals surface area contributed by atoms with Crippen LogP contribution in [0, 0.1) is 28.1 Å². The van der Waals surface area contributed by atoms with Crippen molar-refractivity contribution in [1.82, 2.24) is 19.0 Å². The number of nitrogens with one attached hydrogen (secondary N) is 1. The highest BCUT2D eigenvalue weighted by atomic mass is 32.2. The maximum Gasteiger partial charge on any atom is 0.306 e. The number of rotatable bonds is 7. The smallest absolute Gasteiger partial charge is 0.306 e. The van der Waals surface area contributed by atoms with Gasteiger partial charge in [0.15, 0.2) is 5.78 Å². The van der Waals surface area contributed by atoms with Crippen molar-refractivity contribution in [2.75, 3.05) is 13.2 Å². The van der Waals surface area contributed by atoms with Gasteiger partial charge in [0.25, 0.3) is 0 Å². The summed E-state index contributed by atoms with van der Waals surface area (Å²) in [4.78, 5) is 62.1. The molecule has 4 heterocycles. The van der Waals surface area contributed by atoms with E-state index in [4.69, 9.17) is 14.5 Å². The molecule has 0 aromatic carbocycles. The summed E-state index contributed by atoms with van der Waals surface area (Å²) < 4.78 is 41.8. The lowest BCUT2D eigenvalue weighted by Crippen LogP contribution is -2.48. The van der Waals surface area contributed by atoms with Gasteiger partial charge < -0.3 is 18.8 Å². The van der Waals surface area contributed by atoms with Crippen molar-refractivity contribution < 1.29 is 37.1 Å². The number of sulfonamides is 1. The number of hydrogen-bond acceptors (Lipinski definition) is 9. The fourth-order valence-electron chi connectivity index (χ4n) is 7.82. The Hall–Kier alpha value is -3.58. The number of imidazole rings is 1. The molecule has 2 aliphatic heterocycles. The zero-order valence-electron chi connectivity index (χ0n) is 31.2. The topological polar surface area (TPSA) is 153 Å². The Morgan fingerprint density at radius 2 is 1.92 bits per heavy atom. The first kappa shape index (κ1) is 38.2. The van der Waals surface area contributed by atoms with Gasteiger partial charge in [0.1, 0.15) is 5.65 Å². The number of hydrogen-bond donors (Lipinski definition) is 1. The highest BCUT2D eigenvalue weighted by molar-refractivity contribution is 7.90. The molecule has 0 radical (unpaired) electrons. The molecule has 5 atom stereocenters. The first-order valence-corrected chi connectivity index (χ1v) is 20.2. The Bertz CT molecular complexity index is 1840. The molecular formula is C39H54N4O8S. The predicted octanol–water partition coefficient (Wildman–Crippen LogP) is 4.93. The number of amides is 2. The number of Topliss-reactive ketones (excluding diaryl/α,β-unsaturated/α-hetero) is 1. The molecule has 52 heavy (non-hydrogen) atoms. The molecule has 1 saturated heterocycles. The predicted molar refractivity (Wildman–Crippen MR) is 194 cm³/mol. The van der Waals surface area contributed by atoms with Crippen LogP contribution in [0.2, 0.25) is 0 Å². The molecule has 13 heteroatoms. The van der Waals surface area contributed by atoms with Crippen molar-refractivity contribution >= 4 is 39.2 Å². The Morgan fingerprint density at radius 1 is 1.17 bits per heavy atom. The number of cyclic esters (lactones) is 1. The Labute approximate surface area is 307 Å². The number of esters is 1. The summed E-state index contributed by atoms with van der Waals surface area (Å²) in [5.41, 5.74) is 0.558. The van der Waals surface area contributed by atoms with Crippen molar-refractivity contribution in [3.63, 3.8) is 0 Å². The van der Waals surface area contributed by atoms with Gasteiger partial charge in [-0.05, 0) is 66.9 Å². The standard InChI is InChI=1S/C39H54N4O8S/c1-7-26-19-39(26,36(47)41-52(48,49)29-13-14-29)20-32(44)31-17-28-22-43(31)35(46)30(37(2,3)4)18-33(45)51-24-38(5,6)15-9-8-11-25-12-10-16-42-21-27(23-50-28)40-34(25)42/h7,10,12,16,21,26,28-31H,1,8-9,11,13-15,17-20,22-24H2,2-6H3,(H,41,47)/t26-,28-,30-,31+,39-/m1/s1. The SMILES string of the molecule is C=C[C@@H]1C[C@]1(CC(=O)[C@@H]1C[C@@H]2CN1C(=O)[C@H](C(C)(C)C)CC(=O)OCC(C)(C)CCCCc1cccn3cc(nc13)CO2)C(=O)NS(=O)(=O)C1CC1. The molecule has 2 aliphatic carbocycles. The molecule has 6 rings (SSSR count). The quantitative estimate of drug-likeness (QED) is 0.308. The third-order valence-corrected chi connectivity index (χ3v) is 13.3. The number of fused-ring (bicyclic) bond motifs is 3. The minimum Gasteiger partial charge on any atom is -0.465 e. The number of ether oxygens (including phenoxy) is 2. The van der Waals surface area contributed by atoms with Crippen molar-refractivity contribution in [2.45, 2.75) is 123 Å². The summed E-state index contributed by atoms with van der Waals surface area (Å²) in [6, 6.07) is 3.15. The number of pyridine rings is 1. The van der Waals surface area contributed by atoms with Gasteiger partial charge in [0.05, 0.1) is 54.1 Å². The number of carbonyl (C=O) groups excluding carboxylic acids is 4. The molecule has 2 amide bonds. The van der Waals surface area contributed by atoms with Crippen LogP contribution in [0.3, 0.4) is 0 Å². The van der Waals surface area contributed by atoms with Crippen LogP contribution in [-0.4, -0.2) is 76.8 Å². The van der Waals surface area contributed by atoms with E-state index in [1.807, 2.05) is 43.6 Å². The molecule has 0 unspecified atom stereocenters. The normalized spacial score (nSPS) is 29.1. The highest BCUT2D eigenvalue weighted by Gasteiger charge is 2.61. The molecule has 12 nitrogen and oxygen atoms in total. The van der Waals surface area contributed by atoms with Gasteiger partial charge in [0.2, 0.25) is 21.8 Å². The minimum atomic E-state index is -3.83. The molecule has 4 bridgehead atoms. The van der Waals surface area contributed by atoms with E-state index in [9.17, 15) is 27.6 Å². The lowest BCUT2D eigenvalue weighted by molar-refractivity contribution is -0.155. The van der Waals surface area contributed by atoms with Crippen LogP contribution in [0.25, 0.3) is 5.65 Å². The molecule has 2 saturated carbocycles. The van der Waals surface area contributed by atoms with Crippen molar-refractivity contribution in [3.8, 4) is 0 Å². The zero-order chi connectivity index (χ0) is 37.6. The van der Waals surface area contributed by atoms with E-state index >= 15 is 0 Å². The summed E-state index contributed by atoms with van der Waals surface area (Å²) >= 11 is 0. The molecular weight excluding hydrogens is 685 g/mol. The Kier molecular flexibility index (Phi) is 10.5. The maximum atomic E-state index is 14.6. The molecule has 1 N–H and O–H groups in total. The molecule has 4 aliphatic rings. The second-order valence-corrected chi connectivity index (χ2v) is 19.3. The lowest BCUT2D eigenvalue weighted by atomic mass is 9.77. The maximum absolute atomic E-state index is 14.6. The first-order valence-electron chi connectivity index (χ1n) is 18.7. The van der Waals surface area contributed by atoms with Crippen LogP contribution in [0.4, 0.5) is 0 Å². The summed E-state index contributed by atoms with van der Waals surface area (Å²) in [5, 5.41) is -0.593. The van der Waals surface area contributed by atoms with E-state index in [1.165, 1.54) is 4.90 Å². The third kappa shape index (κ3) is 8.30. The van der Waals surface area contributed by atoms with E-state index < -0.39 is 56.0 Å². The lowest BCUT2D eigenvalue weighted by Gasteiger charge is -2.35. The van der Waals surface area contributed by atoms with Gasteiger partial charge >= 0.3 is 5.97 Å². The van der Waals surface area contributed by atoms with E-state index in [2.05, 4.69) is 31.2 Å².